The topological polar surface area (TPSA) is 64.1 Å². The van der Waals surface area contributed by atoms with E-state index in [2.05, 4.69) is 15.3 Å². The minimum atomic E-state index is -0.521. The van der Waals surface area contributed by atoms with Crippen LogP contribution in [0.3, 0.4) is 0 Å². The number of carbonyl (C=O) groups excluding carboxylic acids is 1. The molecule has 1 aromatic rings. The largest absolute Gasteiger partial charge is 0.371 e. The molecule has 100 valence electrons. The number of nitrogens with one attached hydrogen (secondary N) is 1. The van der Waals surface area contributed by atoms with Crippen molar-refractivity contribution in [3.05, 3.63) is 18.0 Å². The maximum Gasteiger partial charge on any atom is 0.256 e. The van der Waals surface area contributed by atoms with Crippen molar-refractivity contribution in [1.82, 2.24) is 9.97 Å². The van der Waals surface area contributed by atoms with Crippen molar-refractivity contribution in [2.24, 2.45) is 5.41 Å². The monoisotopic (exact) mass is 251 g/mol. The summed E-state index contributed by atoms with van der Waals surface area (Å²) in [7, 11) is 1.54. The van der Waals surface area contributed by atoms with Crippen LogP contribution in [0.2, 0.25) is 0 Å². The van der Waals surface area contributed by atoms with Crippen molar-refractivity contribution in [3.8, 4) is 0 Å². The summed E-state index contributed by atoms with van der Waals surface area (Å²) in [5.41, 5.74) is 0.717. The maximum atomic E-state index is 12.1. The fraction of sp³-hybridized carbons (Fsp3) is 0.615. The second-order valence-corrected chi connectivity index (χ2v) is 5.03. The summed E-state index contributed by atoms with van der Waals surface area (Å²) in [6.45, 7) is 7.92. The molecule has 1 atom stereocenters. The van der Waals surface area contributed by atoms with Gasteiger partial charge in [-0.2, -0.15) is 0 Å². The van der Waals surface area contributed by atoms with Gasteiger partial charge < -0.3 is 4.74 Å². The quantitative estimate of drug-likeness (QED) is 0.871. The average molecular weight is 251 g/mol. The summed E-state index contributed by atoms with van der Waals surface area (Å²) in [5.74, 6) is 0.0905. The molecule has 1 N–H and O–H groups in total. The van der Waals surface area contributed by atoms with Crippen LogP contribution in [-0.4, -0.2) is 29.1 Å². The Balaban J connectivity index is 2.77. The van der Waals surface area contributed by atoms with E-state index >= 15 is 0 Å². The first-order chi connectivity index (χ1) is 8.40. The summed E-state index contributed by atoms with van der Waals surface area (Å²) < 4.78 is 5.30. The Bertz CT molecular complexity index is 401. The third-order valence-electron chi connectivity index (χ3n) is 3.11. The molecule has 0 aliphatic carbocycles. The molecular formula is C13H21N3O2. The zero-order valence-electron chi connectivity index (χ0n) is 11.7. The van der Waals surface area contributed by atoms with Gasteiger partial charge in [0, 0.05) is 19.5 Å². The zero-order chi connectivity index (χ0) is 13.8. The molecule has 0 saturated carbocycles. The first-order valence-electron chi connectivity index (χ1n) is 6.03. The number of hydrogen-bond donors (Lipinski definition) is 1. The molecule has 1 heterocycles. The molecule has 5 nitrogen and oxygen atoms in total. The lowest BCUT2D eigenvalue weighted by Gasteiger charge is -2.30. The van der Waals surface area contributed by atoms with Crippen molar-refractivity contribution >= 4 is 11.9 Å². The lowest BCUT2D eigenvalue weighted by atomic mass is 9.83. The normalized spacial score (nSPS) is 13.2. The second-order valence-electron chi connectivity index (χ2n) is 5.03. The first-order valence-corrected chi connectivity index (χ1v) is 6.03. The van der Waals surface area contributed by atoms with Crippen molar-refractivity contribution < 1.29 is 9.53 Å². The molecule has 1 amide bonds. The van der Waals surface area contributed by atoms with Gasteiger partial charge in [0.05, 0.1) is 0 Å². The summed E-state index contributed by atoms with van der Waals surface area (Å²) in [4.78, 5) is 20.2. The van der Waals surface area contributed by atoms with E-state index < -0.39 is 6.10 Å². The van der Waals surface area contributed by atoms with Gasteiger partial charge in [-0.15, -0.1) is 0 Å². The number of methoxy groups -OCH3 is 1. The minimum Gasteiger partial charge on any atom is -0.371 e. The van der Waals surface area contributed by atoms with E-state index in [0.29, 0.717) is 5.95 Å². The molecule has 5 heteroatoms. The Labute approximate surface area is 108 Å². The van der Waals surface area contributed by atoms with E-state index in [1.54, 1.807) is 12.4 Å². The molecule has 1 aromatic heterocycles. The van der Waals surface area contributed by atoms with Gasteiger partial charge in [0.25, 0.3) is 5.91 Å². The van der Waals surface area contributed by atoms with Gasteiger partial charge >= 0.3 is 0 Å². The standard InChI is InChI=1S/C13H21N3O2/c1-6-13(3,4)10(18-5)11(17)16-12-14-7-9(2)8-15-12/h7-8,10H,6H2,1-5H3,(H,14,15,16,17). The summed E-state index contributed by atoms with van der Waals surface area (Å²) in [6, 6.07) is 0. The van der Waals surface area contributed by atoms with Crippen molar-refractivity contribution in [1.29, 1.82) is 0 Å². The van der Waals surface area contributed by atoms with E-state index in [4.69, 9.17) is 4.74 Å². The number of carbonyl (C=O) groups is 1. The van der Waals surface area contributed by atoms with E-state index in [1.807, 2.05) is 27.7 Å². The number of amides is 1. The van der Waals surface area contributed by atoms with Gasteiger partial charge in [-0.25, -0.2) is 9.97 Å². The SMILES string of the molecule is CCC(C)(C)C(OC)C(=O)Nc1ncc(C)cn1. The Morgan fingerprint density at radius 1 is 1.44 bits per heavy atom. The number of nitrogens with zero attached hydrogens (tertiary/aromatic N) is 2. The number of rotatable bonds is 5. The van der Waals surface area contributed by atoms with Crippen LogP contribution < -0.4 is 5.32 Å². The number of aryl methyl sites for hydroxylation is 1. The van der Waals surface area contributed by atoms with Crippen LogP contribution in [-0.2, 0) is 9.53 Å². The van der Waals surface area contributed by atoms with Crippen LogP contribution in [0.15, 0.2) is 12.4 Å². The molecule has 18 heavy (non-hydrogen) atoms. The van der Waals surface area contributed by atoms with Gasteiger partial charge in [-0.1, -0.05) is 20.8 Å². The Hall–Kier alpha value is -1.49. The highest BCUT2D eigenvalue weighted by Gasteiger charge is 2.34. The molecule has 0 aromatic carbocycles. The van der Waals surface area contributed by atoms with Gasteiger partial charge in [0.2, 0.25) is 5.95 Å². The number of anilines is 1. The Morgan fingerprint density at radius 2 is 2.00 bits per heavy atom. The maximum absolute atomic E-state index is 12.1. The van der Waals surface area contributed by atoms with Crippen LogP contribution >= 0.6 is 0 Å². The van der Waals surface area contributed by atoms with E-state index in [9.17, 15) is 4.79 Å². The lowest BCUT2D eigenvalue weighted by Crippen LogP contribution is -2.41. The van der Waals surface area contributed by atoms with Crippen molar-refractivity contribution in [2.75, 3.05) is 12.4 Å². The predicted octanol–water partition coefficient (Wildman–Crippen LogP) is 2.17. The fourth-order valence-electron chi connectivity index (χ4n) is 1.60. The molecule has 1 rings (SSSR count). The second kappa shape index (κ2) is 5.91. The third-order valence-corrected chi connectivity index (χ3v) is 3.11. The molecule has 1 unspecified atom stereocenters. The predicted molar refractivity (Wildman–Crippen MR) is 70.3 cm³/mol. The first kappa shape index (κ1) is 14.6. The van der Waals surface area contributed by atoms with E-state index in [1.165, 1.54) is 7.11 Å². The van der Waals surface area contributed by atoms with Crippen LogP contribution in [0.1, 0.15) is 32.8 Å². The highest BCUT2D eigenvalue weighted by Crippen LogP contribution is 2.27. The molecule has 0 spiro atoms. The summed E-state index contributed by atoms with van der Waals surface area (Å²) in [5, 5.41) is 2.67. The number of aromatic nitrogens is 2. The van der Waals surface area contributed by atoms with E-state index in [0.717, 1.165) is 12.0 Å². The van der Waals surface area contributed by atoms with Gasteiger partial charge in [0.15, 0.2) is 0 Å². The average Bonchev–Trinajstić information content (AvgIpc) is 2.32. The van der Waals surface area contributed by atoms with Crippen molar-refractivity contribution in [3.63, 3.8) is 0 Å². The molecule has 0 bridgehead atoms. The lowest BCUT2D eigenvalue weighted by molar-refractivity contribution is -0.132. The molecule has 0 aliphatic rings. The van der Waals surface area contributed by atoms with Gasteiger partial charge in [0.1, 0.15) is 6.10 Å². The molecule has 0 fully saturated rings. The Morgan fingerprint density at radius 3 is 2.44 bits per heavy atom. The summed E-state index contributed by atoms with van der Waals surface area (Å²) >= 11 is 0. The van der Waals surface area contributed by atoms with Crippen LogP contribution in [0, 0.1) is 12.3 Å². The van der Waals surface area contributed by atoms with Crippen LogP contribution in [0.25, 0.3) is 0 Å². The van der Waals surface area contributed by atoms with Gasteiger partial charge in [-0.05, 0) is 24.3 Å². The minimum absolute atomic E-state index is 0.215. The van der Waals surface area contributed by atoms with Crippen LogP contribution in [0.5, 0.6) is 0 Å². The smallest absolute Gasteiger partial charge is 0.256 e. The third kappa shape index (κ3) is 3.50. The number of ether oxygens (including phenoxy) is 1. The summed E-state index contributed by atoms with van der Waals surface area (Å²) in [6.07, 6.45) is 3.64. The highest BCUT2D eigenvalue weighted by atomic mass is 16.5. The van der Waals surface area contributed by atoms with Crippen LogP contribution in [0.4, 0.5) is 5.95 Å². The molecule has 0 aliphatic heterocycles. The molecular weight excluding hydrogens is 230 g/mol. The Kier molecular flexibility index (Phi) is 4.78. The highest BCUT2D eigenvalue weighted by molar-refractivity contribution is 5.93. The molecule has 0 radical (unpaired) electrons. The fourth-order valence-corrected chi connectivity index (χ4v) is 1.60. The molecule has 0 saturated heterocycles. The van der Waals surface area contributed by atoms with E-state index in [-0.39, 0.29) is 11.3 Å². The van der Waals surface area contributed by atoms with Crippen molar-refractivity contribution in [2.45, 2.75) is 40.2 Å². The number of hydrogen-bond acceptors (Lipinski definition) is 4. The van der Waals surface area contributed by atoms with Gasteiger partial charge in [-0.3, -0.25) is 10.1 Å². The zero-order valence-corrected chi connectivity index (χ0v) is 11.7.